The molecule has 1 aromatic carbocycles. The largest absolute Gasteiger partial charge is 0.347 e. The predicted molar refractivity (Wildman–Crippen MR) is 95.2 cm³/mol. The van der Waals surface area contributed by atoms with E-state index in [1.807, 2.05) is 0 Å². The Morgan fingerprint density at radius 2 is 2.04 bits per heavy atom. The van der Waals surface area contributed by atoms with Crippen molar-refractivity contribution < 1.29 is 14.4 Å². The molecule has 128 valence electrons. The summed E-state index contributed by atoms with van der Waals surface area (Å²) in [5.41, 5.74) is 0.912. The van der Waals surface area contributed by atoms with Crippen LogP contribution in [0.4, 0.5) is 5.69 Å². The zero-order chi connectivity index (χ0) is 18.0. The summed E-state index contributed by atoms with van der Waals surface area (Å²) < 4.78 is -0.114. The molecule has 0 spiro atoms. The van der Waals surface area contributed by atoms with E-state index in [2.05, 4.69) is 5.32 Å². The molecule has 1 unspecified atom stereocenters. The summed E-state index contributed by atoms with van der Waals surface area (Å²) in [7, 11) is 0. The van der Waals surface area contributed by atoms with Crippen LogP contribution in [0.15, 0.2) is 35.2 Å². The lowest BCUT2D eigenvalue weighted by molar-refractivity contribution is -0.118. The SMILES string of the molecule is N#CC(=O)c1ccc(N2C[C@H](NC(=O)C3=CCC(Cl)S3)CC2=O)cc1. The van der Waals surface area contributed by atoms with Gasteiger partial charge in [0, 0.05) is 24.2 Å². The van der Waals surface area contributed by atoms with Gasteiger partial charge >= 0.3 is 0 Å². The van der Waals surface area contributed by atoms with E-state index in [0.29, 0.717) is 23.6 Å². The van der Waals surface area contributed by atoms with Gasteiger partial charge in [0.25, 0.3) is 11.7 Å². The van der Waals surface area contributed by atoms with Crippen molar-refractivity contribution >= 4 is 46.6 Å². The number of hydrogen-bond donors (Lipinski definition) is 1. The molecule has 2 heterocycles. The lowest BCUT2D eigenvalue weighted by atomic mass is 10.1. The van der Waals surface area contributed by atoms with Gasteiger partial charge in [-0.1, -0.05) is 6.08 Å². The third-order valence-electron chi connectivity index (χ3n) is 3.97. The van der Waals surface area contributed by atoms with Gasteiger partial charge in [-0.25, -0.2) is 0 Å². The van der Waals surface area contributed by atoms with Crippen LogP contribution in [0.5, 0.6) is 0 Å². The van der Waals surface area contributed by atoms with Crippen molar-refractivity contribution in [1.82, 2.24) is 5.32 Å². The molecule has 0 aliphatic carbocycles. The maximum atomic E-state index is 12.2. The standard InChI is InChI=1S/C17H14ClN3O3S/c18-15-6-5-14(25-15)17(24)20-11-7-16(23)21(9-11)12-3-1-10(2-4-12)13(22)8-19/h1-5,11,15H,6-7,9H2,(H,20,24)/t11-,15?/m1/s1. The number of anilines is 1. The summed E-state index contributed by atoms with van der Waals surface area (Å²) in [6.07, 6.45) is 2.67. The lowest BCUT2D eigenvalue weighted by Gasteiger charge is -2.17. The summed E-state index contributed by atoms with van der Waals surface area (Å²) >= 11 is 7.28. The van der Waals surface area contributed by atoms with Crippen LogP contribution in [0.1, 0.15) is 23.2 Å². The van der Waals surface area contributed by atoms with Gasteiger partial charge in [-0.3, -0.25) is 14.4 Å². The molecule has 1 saturated heterocycles. The first kappa shape index (κ1) is 17.5. The summed E-state index contributed by atoms with van der Waals surface area (Å²) in [4.78, 5) is 37.9. The highest BCUT2D eigenvalue weighted by Gasteiger charge is 2.33. The van der Waals surface area contributed by atoms with Crippen molar-refractivity contribution in [3.05, 3.63) is 40.8 Å². The van der Waals surface area contributed by atoms with E-state index in [1.165, 1.54) is 23.9 Å². The number of carbonyl (C=O) groups is 3. The minimum absolute atomic E-state index is 0.104. The lowest BCUT2D eigenvalue weighted by Crippen LogP contribution is -2.37. The number of Topliss-reactive ketones (excluding diaryl/α,β-unsaturated/α-hetero) is 1. The van der Waals surface area contributed by atoms with E-state index >= 15 is 0 Å². The van der Waals surface area contributed by atoms with Crippen LogP contribution in [-0.4, -0.2) is 34.9 Å². The molecule has 0 saturated carbocycles. The van der Waals surface area contributed by atoms with Crippen molar-refractivity contribution in [3.63, 3.8) is 0 Å². The quantitative estimate of drug-likeness (QED) is 0.495. The third-order valence-corrected chi connectivity index (χ3v) is 5.47. The highest BCUT2D eigenvalue weighted by Crippen LogP contribution is 2.34. The second kappa shape index (κ2) is 7.30. The molecule has 0 aromatic heterocycles. The normalized spacial score (nSPS) is 22.5. The first-order valence-electron chi connectivity index (χ1n) is 7.64. The molecular formula is C17H14ClN3O3S. The van der Waals surface area contributed by atoms with Crippen LogP contribution in [-0.2, 0) is 9.59 Å². The van der Waals surface area contributed by atoms with Gasteiger partial charge < -0.3 is 10.2 Å². The average Bonchev–Trinajstić information content (AvgIpc) is 3.20. The van der Waals surface area contributed by atoms with Gasteiger partial charge in [0.1, 0.15) is 6.07 Å². The molecule has 0 bridgehead atoms. The number of alkyl halides is 1. The van der Waals surface area contributed by atoms with Crippen LogP contribution in [0.2, 0.25) is 0 Å². The highest BCUT2D eigenvalue weighted by molar-refractivity contribution is 8.05. The minimum Gasteiger partial charge on any atom is -0.347 e. The number of allylic oxidation sites excluding steroid dienone is 1. The van der Waals surface area contributed by atoms with E-state index in [1.54, 1.807) is 29.2 Å². The molecule has 2 aliphatic rings. The molecule has 2 aliphatic heterocycles. The highest BCUT2D eigenvalue weighted by atomic mass is 35.5. The first-order chi connectivity index (χ1) is 12.0. The smallest absolute Gasteiger partial charge is 0.262 e. The summed E-state index contributed by atoms with van der Waals surface area (Å²) in [6, 6.07) is 7.55. The Morgan fingerprint density at radius 1 is 1.32 bits per heavy atom. The van der Waals surface area contributed by atoms with E-state index in [-0.39, 0.29) is 34.5 Å². The Labute approximate surface area is 153 Å². The fourth-order valence-electron chi connectivity index (χ4n) is 2.75. The van der Waals surface area contributed by atoms with Crippen molar-refractivity contribution in [2.45, 2.75) is 23.6 Å². The van der Waals surface area contributed by atoms with Crippen LogP contribution in [0.25, 0.3) is 0 Å². The summed E-state index contributed by atoms with van der Waals surface area (Å²) in [5.74, 6) is -0.930. The van der Waals surface area contributed by atoms with Crippen molar-refractivity contribution in [2.24, 2.45) is 0 Å². The number of hydrogen-bond acceptors (Lipinski definition) is 5. The van der Waals surface area contributed by atoms with Crippen molar-refractivity contribution in [1.29, 1.82) is 5.26 Å². The topological polar surface area (TPSA) is 90.3 Å². The number of nitrogens with one attached hydrogen (secondary N) is 1. The molecule has 1 fully saturated rings. The van der Waals surface area contributed by atoms with Crippen LogP contribution >= 0.6 is 23.4 Å². The number of benzene rings is 1. The third kappa shape index (κ3) is 3.86. The van der Waals surface area contributed by atoms with Crippen molar-refractivity contribution in [3.8, 4) is 6.07 Å². The van der Waals surface area contributed by atoms with Gasteiger partial charge in [0.15, 0.2) is 0 Å². The zero-order valence-electron chi connectivity index (χ0n) is 13.1. The molecular weight excluding hydrogens is 362 g/mol. The molecule has 6 nitrogen and oxygen atoms in total. The molecule has 2 atom stereocenters. The van der Waals surface area contributed by atoms with E-state index in [0.717, 1.165) is 0 Å². The van der Waals surface area contributed by atoms with E-state index < -0.39 is 5.78 Å². The number of nitriles is 1. The Bertz CT molecular complexity index is 800. The van der Waals surface area contributed by atoms with Crippen LogP contribution in [0.3, 0.4) is 0 Å². The summed E-state index contributed by atoms with van der Waals surface area (Å²) in [6.45, 7) is 0.359. The van der Waals surface area contributed by atoms with Crippen LogP contribution < -0.4 is 10.2 Å². The predicted octanol–water partition coefficient (Wildman–Crippen LogP) is 2.20. The number of thioether (sulfide) groups is 1. The van der Waals surface area contributed by atoms with E-state index in [9.17, 15) is 14.4 Å². The van der Waals surface area contributed by atoms with E-state index in [4.69, 9.17) is 16.9 Å². The second-order valence-corrected chi connectivity index (χ2v) is 7.73. The summed E-state index contributed by atoms with van der Waals surface area (Å²) in [5, 5.41) is 11.5. The Balaban J connectivity index is 1.63. The number of nitrogens with zero attached hydrogens (tertiary/aromatic N) is 2. The number of carbonyl (C=O) groups excluding carboxylic acids is 3. The fourth-order valence-corrected chi connectivity index (χ4v) is 3.95. The molecule has 1 aromatic rings. The van der Waals surface area contributed by atoms with Crippen LogP contribution in [0, 0.1) is 11.3 Å². The van der Waals surface area contributed by atoms with Gasteiger partial charge in [0.2, 0.25) is 5.91 Å². The number of ketones is 1. The zero-order valence-corrected chi connectivity index (χ0v) is 14.6. The van der Waals surface area contributed by atoms with Gasteiger partial charge in [0.05, 0.1) is 15.7 Å². The molecule has 8 heteroatoms. The number of amides is 2. The Morgan fingerprint density at radius 3 is 2.64 bits per heavy atom. The maximum absolute atomic E-state index is 12.2. The molecule has 3 rings (SSSR count). The van der Waals surface area contributed by atoms with Gasteiger partial charge in [-0.05, 0) is 30.7 Å². The van der Waals surface area contributed by atoms with Crippen molar-refractivity contribution in [2.75, 3.05) is 11.4 Å². The number of rotatable bonds is 4. The Kier molecular flexibility index (Phi) is 5.11. The monoisotopic (exact) mass is 375 g/mol. The molecule has 0 radical (unpaired) electrons. The average molecular weight is 376 g/mol. The first-order valence-corrected chi connectivity index (χ1v) is 8.96. The molecule has 1 N–H and O–H groups in total. The maximum Gasteiger partial charge on any atom is 0.262 e. The minimum atomic E-state index is -0.621. The molecule has 25 heavy (non-hydrogen) atoms. The Hall–Kier alpha value is -2.30. The molecule has 2 amide bonds. The van der Waals surface area contributed by atoms with Gasteiger partial charge in [-0.2, -0.15) is 5.26 Å². The number of halogens is 1. The fraction of sp³-hybridized carbons (Fsp3) is 0.294. The van der Waals surface area contributed by atoms with Gasteiger partial charge in [-0.15, -0.1) is 23.4 Å². The second-order valence-electron chi connectivity index (χ2n) is 5.70.